The summed E-state index contributed by atoms with van der Waals surface area (Å²) in [6.45, 7) is 3.06. The van der Waals surface area contributed by atoms with Gasteiger partial charge in [-0.05, 0) is 61.6 Å². The largest absolute Gasteiger partial charge is 0.457 e. The van der Waals surface area contributed by atoms with Crippen molar-refractivity contribution in [2.24, 2.45) is 0 Å². The maximum Gasteiger partial charge on any atom is 0.239 e. The van der Waals surface area contributed by atoms with Gasteiger partial charge in [0, 0.05) is 38.0 Å². The number of fused-ring (bicyclic) bond motifs is 9. The number of aliphatic hydroxyl groups is 1. The van der Waals surface area contributed by atoms with Crippen LogP contribution in [0.1, 0.15) is 41.1 Å². The van der Waals surface area contributed by atoms with Crippen LogP contribution in [-0.2, 0) is 38.6 Å². The van der Waals surface area contributed by atoms with Gasteiger partial charge in [-0.25, -0.2) is 4.98 Å². The molecule has 1 fully saturated rings. The van der Waals surface area contributed by atoms with Crippen LogP contribution in [0.4, 0.5) is 0 Å². The summed E-state index contributed by atoms with van der Waals surface area (Å²) in [7, 11) is 0. The molecule has 43 heavy (non-hydrogen) atoms. The molecule has 0 radical (unpaired) electrons. The standard InChI is InChI=1S/C32H38N4O6S/c1-22-33-25(21-43-22)17-32(40)36-14-12-29-28(18-36)34-30(38)19-35(13-3-15-37)31(39)11-8-23-6-9-26(10-7-23)42-27-5-2-4-24(16-27)20-41-29/h2,4-7,9-10,16,21,28-29,37H,3,8,11-15,17-20H2,1H3,(H,34,38)/t28-,29-/m0/s1. The Hall–Kier alpha value is -3.80. The lowest BCUT2D eigenvalue weighted by atomic mass is 10.0. The lowest BCUT2D eigenvalue weighted by Gasteiger charge is -2.39. The summed E-state index contributed by atoms with van der Waals surface area (Å²) in [5.41, 5.74) is 2.65. The lowest BCUT2D eigenvalue weighted by Crippen LogP contribution is -2.58. The minimum absolute atomic E-state index is 0.0510. The number of nitrogens with one attached hydrogen (secondary N) is 1. The van der Waals surface area contributed by atoms with Crippen LogP contribution in [0, 0.1) is 6.92 Å². The third kappa shape index (κ3) is 8.62. The van der Waals surface area contributed by atoms with E-state index in [1.54, 1.807) is 4.90 Å². The topological polar surface area (TPSA) is 121 Å². The number of hydrogen-bond donors (Lipinski definition) is 2. The monoisotopic (exact) mass is 606 g/mol. The van der Waals surface area contributed by atoms with E-state index in [1.807, 2.05) is 60.8 Å². The van der Waals surface area contributed by atoms with Crippen molar-refractivity contribution < 1.29 is 29.0 Å². The van der Waals surface area contributed by atoms with Crippen molar-refractivity contribution in [1.82, 2.24) is 20.1 Å². The second kappa shape index (κ2) is 14.6. The molecule has 3 amide bonds. The number of likely N-dealkylation sites (tertiary alicyclic amines) is 1. The SMILES string of the molecule is Cc1nc(CC(=O)N2CC[C@@H]3OCc4cccc(c4)Oc4ccc(cc4)CCC(=O)N(CCCO)CC(=O)N[C@H]3C2)cs1. The third-order valence-electron chi connectivity index (χ3n) is 7.67. The molecule has 2 N–H and O–H groups in total. The van der Waals surface area contributed by atoms with Gasteiger partial charge in [-0.1, -0.05) is 24.3 Å². The molecule has 0 spiro atoms. The maximum absolute atomic E-state index is 13.4. The number of thiazole rings is 1. The van der Waals surface area contributed by atoms with Gasteiger partial charge >= 0.3 is 0 Å². The van der Waals surface area contributed by atoms with Crippen LogP contribution in [0.15, 0.2) is 53.9 Å². The molecule has 228 valence electrons. The zero-order chi connectivity index (χ0) is 30.2. The second-order valence-electron chi connectivity index (χ2n) is 11.0. The number of nitrogens with zero attached hydrogens (tertiary/aromatic N) is 3. The molecule has 4 heterocycles. The van der Waals surface area contributed by atoms with Gasteiger partial charge in [0.25, 0.3) is 0 Å². The van der Waals surface area contributed by atoms with Gasteiger partial charge in [0.2, 0.25) is 17.7 Å². The minimum atomic E-state index is -0.464. The van der Waals surface area contributed by atoms with E-state index < -0.39 is 6.04 Å². The van der Waals surface area contributed by atoms with E-state index in [0.29, 0.717) is 50.5 Å². The first-order valence-electron chi connectivity index (χ1n) is 14.7. The Labute approximate surface area is 255 Å². The first-order chi connectivity index (χ1) is 20.9. The van der Waals surface area contributed by atoms with Crippen molar-refractivity contribution in [3.8, 4) is 11.5 Å². The van der Waals surface area contributed by atoms with Gasteiger partial charge in [0.05, 0.1) is 42.4 Å². The summed E-state index contributed by atoms with van der Waals surface area (Å²) in [6.07, 6.45) is 1.53. The molecular weight excluding hydrogens is 568 g/mol. The van der Waals surface area contributed by atoms with Crippen LogP contribution >= 0.6 is 11.3 Å². The van der Waals surface area contributed by atoms with Crippen molar-refractivity contribution in [2.45, 2.75) is 57.8 Å². The predicted octanol–water partition coefficient (Wildman–Crippen LogP) is 3.25. The quantitative estimate of drug-likeness (QED) is 0.458. The van der Waals surface area contributed by atoms with Crippen molar-refractivity contribution in [3.63, 3.8) is 0 Å². The van der Waals surface area contributed by atoms with Gasteiger partial charge in [-0.3, -0.25) is 14.4 Å². The lowest BCUT2D eigenvalue weighted by molar-refractivity contribution is -0.139. The minimum Gasteiger partial charge on any atom is -0.457 e. The van der Waals surface area contributed by atoms with Gasteiger partial charge in [-0.2, -0.15) is 0 Å². The first kappa shape index (κ1) is 30.7. The molecule has 2 aromatic carbocycles. The van der Waals surface area contributed by atoms with Gasteiger partial charge in [0.1, 0.15) is 11.5 Å². The molecule has 11 heteroatoms. The highest BCUT2D eigenvalue weighted by molar-refractivity contribution is 7.09. The Morgan fingerprint density at radius 3 is 2.72 bits per heavy atom. The number of aromatic nitrogens is 1. The number of benzene rings is 2. The second-order valence-corrected chi connectivity index (χ2v) is 12.0. The van der Waals surface area contributed by atoms with Gasteiger partial charge < -0.3 is 29.7 Å². The Bertz CT molecular complexity index is 1410. The number of piperidine rings is 1. The van der Waals surface area contributed by atoms with Crippen molar-refractivity contribution in [1.29, 1.82) is 0 Å². The van der Waals surface area contributed by atoms with Crippen molar-refractivity contribution in [3.05, 3.63) is 75.7 Å². The normalized spacial score (nSPS) is 20.0. The molecule has 6 rings (SSSR count). The van der Waals surface area contributed by atoms with Crippen molar-refractivity contribution >= 4 is 29.1 Å². The number of ether oxygens (including phenoxy) is 2. The zero-order valence-electron chi connectivity index (χ0n) is 24.4. The molecule has 0 saturated carbocycles. The fourth-order valence-corrected chi connectivity index (χ4v) is 6.01. The molecule has 0 aliphatic carbocycles. The first-order valence-corrected chi connectivity index (χ1v) is 15.6. The molecule has 3 aromatic rings. The van der Waals surface area contributed by atoms with E-state index in [-0.39, 0.29) is 56.4 Å². The number of amides is 3. The highest BCUT2D eigenvalue weighted by Gasteiger charge is 2.34. The van der Waals surface area contributed by atoms with Gasteiger partial charge in [-0.15, -0.1) is 11.3 Å². The molecule has 3 aliphatic heterocycles. The number of rotatable bonds is 5. The van der Waals surface area contributed by atoms with Crippen LogP contribution in [0.25, 0.3) is 0 Å². The molecule has 0 unspecified atom stereocenters. The maximum atomic E-state index is 13.4. The van der Waals surface area contributed by atoms with E-state index in [9.17, 15) is 19.5 Å². The summed E-state index contributed by atoms with van der Waals surface area (Å²) < 4.78 is 12.4. The number of carbonyl (C=O) groups excluding carboxylic acids is 3. The Kier molecular flexibility index (Phi) is 10.4. The Morgan fingerprint density at radius 1 is 1.12 bits per heavy atom. The summed E-state index contributed by atoms with van der Waals surface area (Å²) in [4.78, 5) is 47.4. The molecule has 3 aliphatic rings. The molecule has 10 nitrogen and oxygen atoms in total. The molecule has 1 aromatic heterocycles. The molecule has 2 atom stereocenters. The highest BCUT2D eigenvalue weighted by atomic mass is 32.1. The molecular formula is C32H38N4O6S. The van der Waals surface area contributed by atoms with Crippen LogP contribution < -0.4 is 10.1 Å². The Morgan fingerprint density at radius 2 is 1.95 bits per heavy atom. The summed E-state index contributed by atoms with van der Waals surface area (Å²) >= 11 is 1.51. The fraction of sp³-hybridized carbons (Fsp3) is 0.438. The number of hydrogen-bond acceptors (Lipinski definition) is 8. The number of carbonyl (C=O) groups is 3. The van der Waals surface area contributed by atoms with Crippen LogP contribution in [0.2, 0.25) is 0 Å². The molecule has 4 bridgehead atoms. The average molecular weight is 607 g/mol. The Balaban J connectivity index is 1.35. The van der Waals surface area contributed by atoms with E-state index >= 15 is 0 Å². The van der Waals surface area contributed by atoms with E-state index in [4.69, 9.17) is 9.47 Å². The van der Waals surface area contributed by atoms with Crippen LogP contribution in [0.5, 0.6) is 11.5 Å². The summed E-state index contributed by atoms with van der Waals surface area (Å²) in [5, 5.41) is 15.3. The molecule has 1 saturated heterocycles. The van der Waals surface area contributed by atoms with Crippen LogP contribution in [0.3, 0.4) is 0 Å². The zero-order valence-corrected chi connectivity index (χ0v) is 25.2. The number of aryl methyl sites for hydroxylation is 2. The van der Waals surface area contributed by atoms with Crippen LogP contribution in [-0.4, -0.2) is 82.5 Å². The highest BCUT2D eigenvalue weighted by Crippen LogP contribution is 2.25. The summed E-state index contributed by atoms with van der Waals surface area (Å²) in [5.74, 6) is 0.834. The van der Waals surface area contributed by atoms with E-state index in [1.165, 1.54) is 16.2 Å². The smallest absolute Gasteiger partial charge is 0.239 e. The van der Waals surface area contributed by atoms with E-state index in [2.05, 4.69) is 10.3 Å². The van der Waals surface area contributed by atoms with E-state index in [0.717, 1.165) is 21.8 Å². The number of aliphatic hydroxyl groups excluding tert-OH is 1. The fourth-order valence-electron chi connectivity index (χ4n) is 5.40. The van der Waals surface area contributed by atoms with Crippen molar-refractivity contribution in [2.75, 3.05) is 32.8 Å². The van der Waals surface area contributed by atoms with Gasteiger partial charge in [0.15, 0.2) is 0 Å². The summed E-state index contributed by atoms with van der Waals surface area (Å²) in [6, 6.07) is 14.9. The average Bonchev–Trinajstić information content (AvgIpc) is 3.41. The predicted molar refractivity (Wildman–Crippen MR) is 162 cm³/mol. The third-order valence-corrected chi connectivity index (χ3v) is 8.49.